The predicted molar refractivity (Wildman–Crippen MR) is 143 cm³/mol. The number of aromatic nitrogens is 4. The quantitative estimate of drug-likeness (QED) is 0.376. The first kappa shape index (κ1) is 27.2. The van der Waals surface area contributed by atoms with Gasteiger partial charge in [-0.05, 0) is 45.4 Å². The van der Waals surface area contributed by atoms with Crippen LogP contribution in [0.2, 0.25) is 0 Å². The summed E-state index contributed by atoms with van der Waals surface area (Å²) in [6.07, 6.45) is 3.53. The first-order valence-electron chi connectivity index (χ1n) is 13.1. The van der Waals surface area contributed by atoms with Crippen LogP contribution in [0.1, 0.15) is 43.5 Å². The number of hydrogen-bond donors (Lipinski definition) is 1. The highest BCUT2D eigenvalue weighted by molar-refractivity contribution is 6.00. The van der Waals surface area contributed by atoms with Crippen LogP contribution >= 0.6 is 0 Å². The van der Waals surface area contributed by atoms with Crippen LogP contribution in [0.3, 0.4) is 0 Å². The molecule has 41 heavy (non-hydrogen) atoms. The molecule has 0 unspecified atom stereocenters. The maximum absolute atomic E-state index is 15.4. The molecule has 1 amide bonds. The van der Waals surface area contributed by atoms with Crippen molar-refractivity contribution < 1.29 is 32.9 Å². The minimum Gasteiger partial charge on any atom is -0.476 e. The highest BCUT2D eigenvalue weighted by Crippen LogP contribution is 2.43. The molecule has 4 aromatic rings. The molecular formula is C29H29F2N5O5. The number of carbonyl (C=O) groups is 1. The van der Waals surface area contributed by atoms with Crippen molar-refractivity contribution >= 4 is 17.2 Å². The van der Waals surface area contributed by atoms with Gasteiger partial charge in [-0.1, -0.05) is 0 Å². The summed E-state index contributed by atoms with van der Waals surface area (Å²) in [7, 11) is 1.53. The highest BCUT2D eigenvalue weighted by Gasteiger charge is 2.43. The standard InChI is InChI=1S/C29H29F2N5O5/c1-15-23(35-11-19(20(30)8-24(35)34-15)17-9-32-27(33-10-17)28(3,4)38)12-36-22-7-18(29(39-5)13-40-14-29)6-21(31)25(22)41-16(2)26(36)37/h6-11,16,38H,12-14H2,1-5H3/t16-/m1/s1. The molecule has 10 nitrogen and oxygen atoms in total. The molecule has 0 bridgehead atoms. The number of amides is 1. The molecule has 2 aliphatic rings. The van der Waals surface area contributed by atoms with Crippen LogP contribution in [-0.4, -0.2) is 56.8 Å². The zero-order valence-corrected chi connectivity index (χ0v) is 23.2. The predicted octanol–water partition coefficient (Wildman–Crippen LogP) is 3.79. The lowest BCUT2D eigenvalue weighted by Crippen LogP contribution is -2.49. The van der Waals surface area contributed by atoms with Gasteiger partial charge in [0, 0.05) is 42.9 Å². The van der Waals surface area contributed by atoms with E-state index < -0.39 is 28.9 Å². The van der Waals surface area contributed by atoms with Crippen molar-refractivity contribution in [2.75, 3.05) is 25.2 Å². The third kappa shape index (κ3) is 4.42. The van der Waals surface area contributed by atoms with E-state index in [0.29, 0.717) is 28.2 Å². The van der Waals surface area contributed by atoms with E-state index in [2.05, 4.69) is 15.0 Å². The van der Waals surface area contributed by atoms with Crippen LogP contribution in [0.25, 0.3) is 16.8 Å². The number of carbonyl (C=O) groups excluding carboxylic acids is 1. The first-order chi connectivity index (χ1) is 19.4. The van der Waals surface area contributed by atoms with Gasteiger partial charge in [0.05, 0.1) is 36.8 Å². The highest BCUT2D eigenvalue weighted by atomic mass is 19.1. The number of methoxy groups -OCH3 is 1. The number of hydrogen-bond acceptors (Lipinski definition) is 8. The van der Waals surface area contributed by atoms with Gasteiger partial charge < -0.3 is 23.7 Å². The van der Waals surface area contributed by atoms with Gasteiger partial charge in [0.1, 0.15) is 22.7 Å². The van der Waals surface area contributed by atoms with Gasteiger partial charge in [0.25, 0.3) is 5.91 Å². The normalized spacial score (nSPS) is 18.3. The number of aryl methyl sites for hydroxylation is 1. The Hall–Kier alpha value is -4.00. The summed E-state index contributed by atoms with van der Waals surface area (Å²) in [4.78, 5) is 27.8. The molecule has 12 heteroatoms. The molecule has 0 radical (unpaired) electrons. The van der Waals surface area contributed by atoms with Gasteiger partial charge in [0.2, 0.25) is 0 Å². The number of benzene rings is 1. The van der Waals surface area contributed by atoms with Gasteiger partial charge in [-0.25, -0.2) is 23.7 Å². The topological polar surface area (TPSA) is 111 Å². The molecule has 5 heterocycles. The average molecular weight is 566 g/mol. The molecule has 6 rings (SSSR count). The van der Waals surface area contributed by atoms with Crippen LogP contribution in [0.4, 0.5) is 14.5 Å². The molecular weight excluding hydrogens is 536 g/mol. The average Bonchev–Trinajstić information content (AvgIpc) is 3.19. The molecule has 1 N–H and O–H groups in total. The maximum atomic E-state index is 15.4. The Bertz CT molecular complexity index is 1670. The van der Waals surface area contributed by atoms with E-state index in [-0.39, 0.29) is 48.5 Å². The number of fused-ring (bicyclic) bond motifs is 2. The van der Waals surface area contributed by atoms with Crippen LogP contribution in [0.5, 0.6) is 5.75 Å². The number of halogens is 2. The number of nitrogens with zero attached hydrogens (tertiary/aromatic N) is 5. The Morgan fingerprint density at radius 2 is 1.88 bits per heavy atom. The third-order valence-electron chi connectivity index (χ3n) is 7.64. The van der Waals surface area contributed by atoms with Crippen LogP contribution in [0.15, 0.2) is 36.8 Å². The fourth-order valence-electron chi connectivity index (χ4n) is 5.14. The Labute approximate surface area is 234 Å². The second kappa shape index (κ2) is 9.54. The van der Waals surface area contributed by atoms with Crippen molar-refractivity contribution in [3.05, 3.63) is 71.2 Å². The van der Waals surface area contributed by atoms with Crippen molar-refractivity contribution in [3.63, 3.8) is 0 Å². The smallest absolute Gasteiger partial charge is 0.268 e. The molecule has 1 aromatic carbocycles. The molecule has 1 saturated heterocycles. The van der Waals surface area contributed by atoms with E-state index in [0.717, 1.165) is 0 Å². The molecule has 1 atom stereocenters. The summed E-state index contributed by atoms with van der Waals surface area (Å²) in [5.41, 5.74) is 0.849. The SMILES string of the molecule is COC1(c2cc(F)c3c(c2)N(Cc2c(C)nc4cc(F)c(-c5cnc(C(C)(C)O)nc5)cn24)C(=O)[C@@H](C)O3)COC1. The Kier molecular flexibility index (Phi) is 6.32. The van der Waals surface area contributed by atoms with Gasteiger partial charge >= 0.3 is 0 Å². The molecule has 2 aliphatic heterocycles. The minimum atomic E-state index is -1.25. The molecule has 0 spiro atoms. The van der Waals surface area contributed by atoms with Crippen LogP contribution in [-0.2, 0) is 32.0 Å². The van der Waals surface area contributed by atoms with Gasteiger partial charge in [-0.15, -0.1) is 0 Å². The van der Waals surface area contributed by atoms with Crippen molar-refractivity contribution in [1.29, 1.82) is 0 Å². The number of ether oxygens (including phenoxy) is 3. The third-order valence-corrected chi connectivity index (χ3v) is 7.64. The number of anilines is 1. The Morgan fingerprint density at radius 1 is 1.17 bits per heavy atom. The molecule has 214 valence electrons. The molecule has 3 aromatic heterocycles. The summed E-state index contributed by atoms with van der Waals surface area (Å²) < 4.78 is 49.0. The van der Waals surface area contributed by atoms with Crippen molar-refractivity contribution in [3.8, 4) is 16.9 Å². The van der Waals surface area contributed by atoms with E-state index in [4.69, 9.17) is 14.2 Å². The maximum Gasteiger partial charge on any atom is 0.268 e. The monoisotopic (exact) mass is 565 g/mol. The fraction of sp³-hybridized carbons (Fsp3) is 0.379. The van der Waals surface area contributed by atoms with Crippen molar-refractivity contribution in [2.24, 2.45) is 0 Å². The summed E-state index contributed by atoms with van der Waals surface area (Å²) in [6, 6.07) is 4.34. The van der Waals surface area contributed by atoms with E-state index in [1.165, 1.54) is 36.5 Å². The Balaban J connectivity index is 1.44. The lowest BCUT2D eigenvalue weighted by atomic mass is 9.90. The first-order valence-corrected chi connectivity index (χ1v) is 13.1. The van der Waals surface area contributed by atoms with Gasteiger partial charge in [-0.2, -0.15) is 0 Å². The lowest BCUT2D eigenvalue weighted by molar-refractivity contribution is -0.202. The fourth-order valence-corrected chi connectivity index (χ4v) is 5.14. The van der Waals surface area contributed by atoms with Gasteiger partial charge in [0.15, 0.2) is 23.5 Å². The van der Waals surface area contributed by atoms with E-state index in [1.807, 2.05) is 0 Å². The molecule has 0 saturated carbocycles. The number of rotatable bonds is 6. The Morgan fingerprint density at radius 3 is 2.49 bits per heavy atom. The number of pyridine rings is 1. The van der Waals surface area contributed by atoms with E-state index >= 15 is 8.78 Å². The van der Waals surface area contributed by atoms with Crippen molar-refractivity contribution in [1.82, 2.24) is 19.4 Å². The minimum absolute atomic E-state index is 0.0190. The van der Waals surface area contributed by atoms with E-state index in [1.54, 1.807) is 44.4 Å². The summed E-state index contributed by atoms with van der Waals surface area (Å²) in [6.45, 7) is 6.98. The van der Waals surface area contributed by atoms with Crippen LogP contribution < -0.4 is 9.64 Å². The largest absolute Gasteiger partial charge is 0.476 e. The summed E-state index contributed by atoms with van der Waals surface area (Å²) >= 11 is 0. The summed E-state index contributed by atoms with van der Waals surface area (Å²) in [5, 5.41) is 10.2. The van der Waals surface area contributed by atoms with Crippen LogP contribution in [0, 0.1) is 18.6 Å². The van der Waals surface area contributed by atoms with E-state index in [9.17, 15) is 9.90 Å². The molecule has 0 aliphatic carbocycles. The second-order valence-corrected chi connectivity index (χ2v) is 10.9. The van der Waals surface area contributed by atoms with Gasteiger partial charge in [-0.3, -0.25) is 9.69 Å². The molecule has 1 fully saturated rings. The second-order valence-electron chi connectivity index (χ2n) is 10.9. The number of aliphatic hydroxyl groups is 1. The zero-order chi connectivity index (χ0) is 29.3. The zero-order valence-electron chi connectivity index (χ0n) is 23.2. The number of imidazole rings is 1. The lowest BCUT2D eigenvalue weighted by Gasteiger charge is -2.41. The summed E-state index contributed by atoms with van der Waals surface area (Å²) in [5.74, 6) is -1.34. The van der Waals surface area contributed by atoms with Crippen molar-refractivity contribution in [2.45, 2.75) is 51.5 Å².